The number of hydrogen-bond acceptors (Lipinski definition) is 4. The third-order valence-corrected chi connectivity index (χ3v) is 3.16. The number of amides is 2. The Hall–Kier alpha value is -1.79. The lowest BCUT2D eigenvalue weighted by molar-refractivity contribution is -0.125. The average molecular weight is 344 g/mol. The van der Waals surface area contributed by atoms with Crippen LogP contribution in [0.15, 0.2) is 18.2 Å². The summed E-state index contributed by atoms with van der Waals surface area (Å²) in [5.41, 5.74) is 7.34. The summed E-state index contributed by atoms with van der Waals surface area (Å²) >= 11 is 0. The Kier molecular flexibility index (Phi) is 9.29. The molecule has 23 heavy (non-hydrogen) atoms. The number of carbonyl (C=O) groups is 2. The third kappa shape index (κ3) is 6.88. The number of nitrogens with two attached hydrogens (primary N) is 1. The number of anilines is 1. The predicted molar refractivity (Wildman–Crippen MR) is 94.0 cm³/mol. The van der Waals surface area contributed by atoms with E-state index in [-0.39, 0.29) is 36.7 Å². The van der Waals surface area contributed by atoms with Crippen molar-refractivity contribution in [3.63, 3.8) is 0 Å². The first-order valence-electron chi connectivity index (χ1n) is 7.41. The summed E-state index contributed by atoms with van der Waals surface area (Å²) in [5.74, 6) is -0.0287. The lowest BCUT2D eigenvalue weighted by Gasteiger charge is -2.16. The van der Waals surface area contributed by atoms with Gasteiger partial charge < -0.3 is 21.1 Å². The molecule has 0 aliphatic heterocycles. The van der Waals surface area contributed by atoms with Gasteiger partial charge in [-0.15, -0.1) is 12.4 Å². The standard InChI is InChI=1S/C16H25N3O3.ClH/c1-5-22-13-8-11(4)6-7-12(13)19-14(20)9-18-16(21)15(17)10(2)3;/h6-8,10,15H,5,9,17H2,1-4H3,(H,18,21)(H,19,20);1H/t15-;/m0./s1. The zero-order chi connectivity index (χ0) is 16.7. The van der Waals surface area contributed by atoms with Gasteiger partial charge >= 0.3 is 0 Å². The summed E-state index contributed by atoms with van der Waals surface area (Å²) in [6, 6.07) is 4.89. The Bertz CT molecular complexity index is 535. The molecular formula is C16H26ClN3O3. The Morgan fingerprint density at radius 1 is 1.30 bits per heavy atom. The van der Waals surface area contributed by atoms with E-state index >= 15 is 0 Å². The minimum atomic E-state index is -0.619. The van der Waals surface area contributed by atoms with Crippen molar-refractivity contribution in [1.29, 1.82) is 0 Å². The number of hydrogen-bond donors (Lipinski definition) is 3. The molecule has 6 nitrogen and oxygen atoms in total. The van der Waals surface area contributed by atoms with Crippen LogP contribution in [0.4, 0.5) is 5.69 Å². The number of benzene rings is 1. The lowest BCUT2D eigenvalue weighted by Crippen LogP contribution is -2.46. The topological polar surface area (TPSA) is 93.5 Å². The summed E-state index contributed by atoms with van der Waals surface area (Å²) in [5, 5.41) is 5.26. The van der Waals surface area contributed by atoms with Gasteiger partial charge in [0.2, 0.25) is 11.8 Å². The molecule has 0 saturated heterocycles. The second-order valence-electron chi connectivity index (χ2n) is 5.47. The number of nitrogens with one attached hydrogen (secondary N) is 2. The summed E-state index contributed by atoms with van der Waals surface area (Å²) in [4.78, 5) is 23.6. The molecule has 0 heterocycles. The molecule has 0 bridgehead atoms. The van der Waals surface area contributed by atoms with Gasteiger partial charge in [0.25, 0.3) is 0 Å². The van der Waals surface area contributed by atoms with Crippen LogP contribution in [-0.2, 0) is 9.59 Å². The van der Waals surface area contributed by atoms with E-state index < -0.39 is 6.04 Å². The van der Waals surface area contributed by atoms with Crippen LogP contribution in [0.3, 0.4) is 0 Å². The Morgan fingerprint density at radius 2 is 1.96 bits per heavy atom. The van der Waals surface area contributed by atoms with Gasteiger partial charge in [-0.3, -0.25) is 9.59 Å². The molecule has 0 fully saturated rings. The Balaban J connectivity index is 0.00000484. The fourth-order valence-corrected chi connectivity index (χ4v) is 1.79. The number of halogens is 1. The van der Waals surface area contributed by atoms with Crippen molar-refractivity contribution in [2.45, 2.75) is 33.7 Å². The number of rotatable bonds is 7. The van der Waals surface area contributed by atoms with Gasteiger partial charge in [-0.05, 0) is 37.5 Å². The van der Waals surface area contributed by atoms with E-state index in [2.05, 4.69) is 10.6 Å². The maximum atomic E-state index is 11.9. The van der Waals surface area contributed by atoms with Gasteiger partial charge in [-0.2, -0.15) is 0 Å². The monoisotopic (exact) mass is 343 g/mol. The average Bonchev–Trinajstić information content (AvgIpc) is 2.47. The molecular weight excluding hydrogens is 318 g/mol. The van der Waals surface area contributed by atoms with E-state index in [1.807, 2.05) is 39.8 Å². The highest BCUT2D eigenvalue weighted by atomic mass is 35.5. The summed E-state index contributed by atoms with van der Waals surface area (Å²) in [7, 11) is 0. The van der Waals surface area contributed by atoms with Crippen molar-refractivity contribution in [2.24, 2.45) is 11.7 Å². The largest absolute Gasteiger partial charge is 0.492 e. The molecule has 7 heteroatoms. The van der Waals surface area contributed by atoms with Crippen LogP contribution in [0, 0.1) is 12.8 Å². The first-order chi connectivity index (χ1) is 10.3. The van der Waals surface area contributed by atoms with Gasteiger partial charge in [0.15, 0.2) is 0 Å². The molecule has 0 spiro atoms. The van der Waals surface area contributed by atoms with Gasteiger partial charge in [0, 0.05) is 0 Å². The van der Waals surface area contributed by atoms with Crippen molar-refractivity contribution >= 4 is 29.9 Å². The maximum Gasteiger partial charge on any atom is 0.243 e. The second kappa shape index (κ2) is 10.1. The SMILES string of the molecule is CCOc1cc(C)ccc1NC(=O)CNC(=O)[C@@H](N)C(C)C.Cl. The van der Waals surface area contributed by atoms with E-state index in [0.717, 1.165) is 5.56 Å². The fraction of sp³-hybridized carbons (Fsp3) is 0.500. The van der Waals surface area contributed by atoms with E-state index in [1.165, 1.54) is 0 Å². The Morgan fingerprint density at radius 3 is 2.52 bits per heavy atom. The number of aryl methyl sites for hydroxylation is 1. The minimum absolute atomic E-state index is 0. The quantitative estimate of drug-likeness (QED) is 0.704. The highest BCUT2D eigenvalue weighted by Crippen LogP contribution is 2.25. The van der Waals surface area contributed by atoms with E-state index in [4.69, 9.17) is 10.5 Å². The molecule has 0 saturated carbocycles. The van der Waals surface area contributed by atoms with Crippen LogP contribution in [0.25, 0.3) is 0 Å². The first-order valence-corrected chi connectivity index (χ1v) is 7.41. The van der Waals surface area contributed by atoms with Crippen LogP contribution < -0.4 is 21.1 Å². The van der Waals surface area contributed by atoms with Gasteiger partial charge in [-0.25, -0.2) is 0 Å². The molecule has 1 aromatic carbocycles. The van der Waals surface area contributed by atoms with Crippen LogP contribution in [0.1, 0.15) is 26.3 Å². The third-order valence-electron chi connectivity index (χ3n) is 3.16. The van der Waals surface area contributed by atoms with Crippen molar-refractivity contribution in [1.82, 2.24) is 5.32 Å². The first kappa shape index (κ1) is 21.2. The van der Waals surface area contributed by atoms with E-state index in [9.17, 15) is 9.59 Å². The molecule has 1 rings (SSSR count). The van der Waals surface area contributed by atoms with Gasteiger partial charge in [0.05, 0.1) is 24.9 Å². The molecule has 0 radical (unpaired) electrons. The molecule has 0 aliphatic carbocycles. The predicted octanol–water partition coefficient (Wildman–Crippen LogP) is 1.85. The van der Waals surface area contributed by atoms with Crippen LogP contribution in [-0.4, -0.2) is 31.0 Å². The number of carbonyl (C=O) groups excluding carboxylic acids is 2. The van der Waals surface area contributed by atoms with Crippen LogP contribution in [0.5, 0.6) is 5.75 Å². The normalized spacial score (nSPS) is 11.4. The zero-order valence-corrected chi connectivity index (χ0v) is 14.8. The maximum absolute atomic E-state index is 11.9. The summed E-state index contributed by atoms with van der Waals surface area (Å²) < 4.78 is 5.49. The summed E-state index contributed by atoms with van der Waals surface area (Å²) in [6.07, 6.45) is 0. The van der Waals surface area contributed by atoms with Crippen molar-refractivity contribution < 1.29 is 14.3 Å². The summed E-state index contributed by atoms with van der Waals surface area (Å²) in [6.45, 7) is 7.91. The molecule has 1 atom stereocenters. The molecule has 1 aromatic rings. The second-order valence-corrected chi connectivity index (χ2v) is 5.47. The highest BCUT2D eigenvalue weighted by molar-refractivity contribution is 5.96. The highest BCUT2D eigenvalue weighted by Gasteiger charge is 2.18. The van der Waals surface area contributed by atoms with Gasteiger partial charge in [0.1, 0.15) is 5.75 Å². The molecule has 2 amide bonds. The van der Waals surface area contributed by atoms with Crippen LogP contribution in [0.2, 0.25) is 0 Å². The van der Waals surface area contributed by atoms with E-state index in [0.29, 0.717) is 18.0 Å². The zero-order valence-electron chi connectivity index (χ0n) is 14.0. The molecule has 4 N–H and O–H groups in total. The smallest absolute Gasteiger partial charge is 0.243 e. The lowest BCUT2D eigenvalue weighted by atomic mass is 10.1. The Labute approximate surface area is 143 Å². The molecule has 0 aliphatic rings. The van der Waals surface area contributed by atoms with Crippen molar-refractivity contribution in [2.75, 3.05) is 18.5 Å². The van der Waals surface area contributed by atoms with Crippen LogP contribution >= 0.6 is 12.4 Å². The van der Waals surface area contributed by atoms with E-state index in [1.54, 1.807) is 6.07 Å². The van der Waals surface area contributed by atoms with Crippen molar-refractivity contribution in [3.05, 3.63) is 23.8 Å². The van der Waals surface area contributed by atoms with Gasteiger partial charge in [-0.1, -0.05) is 19.9 Å². The number of ether oxygens (including phenoxy) is 1. The minimum Gasteiger partial charge on any atom is -0.492 e. The fourth-order valence-electron chi connectivity index (χ4n) is 1.79. The molecule has 0 unspecified atom stereocenters. The molecule has 130 valence electrons. The molecule has 0 aromatic heterocycles. The van der Waals surface area contributed by atoms with Crippen molar-refractivity contribution in [3.8, 4) is 5.75 Å².